The lowest BCUT2D eigenvalue weighted by atomic mass is 9.88. The molecule has 2 nitrogen and oxygen atoms in total. The van der Waals surface area contributed by atoms with Gasteiger partial charge in [-0.3, -0.25) is 0 Å². The summed E-state index contributed by atoms with van der Waals surface area (Å²) in [6.45, 7) is 1.80. The Morgan fingerprint density at radius 1 is 0.200 bits per heavy atom. The number of rotatable bonds is 14. The monoisotopic (exact) mass is 1480 g/mol. The maximum atomic E-state index is 9.49. The van der Waals surface area contributed by atoms with Crippen molar-refractivity contribution in [2.24, 2.45) is 0 Å². The Morgan fingerprint density at radius 2 is 0.348 bits per heavy atom. The van der Waals surface area contributed by atoms with E-state index in [0.717, 1.165) is 83.5 Å². The second-order valence-corrected chi connectivity index (χ2v) is 31.7. The molecule has 21 rings (SSSR count). The van der Waals surface area contributed by atoms with Crippen molar-refractivity contribution < 1.29 is 9.90 Å². The van der Waals surface area contributed by atoms with E-state index >= 15 is 0 Å². The Morgan fingerprint density at radius 3 is 0.504 bits per heavy atom. The van der Waals surface area contributed by atoms with Gasteiger partial charge in [-0.1, -0.05) is 396 Å². The van der Waals surface area contributed by atoms with Crippen LogP contribution >= 0.6 is 0 Å². The second kappa shape index (κ2) is 30.1. The zero-order chi connectivity index (χ0) is 76.9. The minimum atomic E-state index is -1.22. The Hall–Kier alpha value is -14.2. The predicted molar refractivity (Wildman–Crippen MR) is 488 cm³/mol. The first-order valence-electron chi connectivity index (χ1n) is 39.7. The van der Waals surface area contributed by atoms with Crippen LogP contribution in [-0.4, -0.2) is 5.97 Å². The van der Waals surface area contributed by atoms with Gasteiger partial charge in [-0.05, 0) is 207 Å². The minimum Gasteiger partial charge on any atom is -0.550 e. The van der Waals surface area contributed by atoms with E-state index in [1.54, 1.807) is 6.92 Å². The number of benzene rings is 21. The molecule has 0 N–H and O–H groups in total. The number of hydrogen-bond acceptors (Lipinski definition) is 2. The van der Waals surface area contributed by atoms with E-state index in [0.29, 0.717) is 6.42 Å². The topological polar surface area (TPSA) is 40.1 Å². The molecular formula is C112H76O2S. The van der Waals surface area contributed by atoms with Crippen molar-refractivity contribution in [1.82, 2.24) is 0 Å². The van der Waals surface area contributed by atoms with Crippen molar-refractivity contribution in [3.05, 3.63) is 419 Å². The lowest BCUT2D eigenvalue weighted by molar-refractivity contribution is -0.305. The molecule has 21 aromatic rings. The van der Waals surface area contributed by atoms with Gasteiger partial charge in [0.2, 0.25) is 0 Å². The van der Waals surface area contributed by atoms with E-state index in [1.807, 2.05) is 0 Å². The van der Waals surface area contributed by atoms with Crippen LogP contribution in [0.15, 0.2) is 433 Å². The number of aliphatic carboxylic acids is 1. The van der Waals surface area contributed by atoms with E-state index < -0.39 is 16.9 Å². The van der Waals surface area contributed by atoms with E-state index in [4.69, 9.17) is 0 Å². The van der Waals surface area contributed by atoms with Crippen LogP contribution in [0.4, 0.5) is 0 Å². The molecule has 0 heterocycles. The molecule has 0 spiro atoms. The number of carbonyl (C=O) groups is 1. The Kier molecular flexibility index (Phi) is 18.3. The molecule has 3 heteroatoms. The zero-order valence-electron chi connectivity index (χ0n) is 63.5. The molecule has 0 fully saturated rings. The third-order valence-corrected chi connectivity index (χ3v) is 25.7. The van der Waals surface area contributed by atoms with Crippen LogP contribution < -0.4 is 5.11 Å². The Bertz CT molecular complexity index is 6390. The largest absolute Gasteiger partial charge is 0.550 e. The lowest BCUT2D eigenvalue weighted by Crippen LogP contribution is -2.20. The molecule has 0 aliphatic carbocycles. The summed E-state index contributed by atoms with van der Waals surface area (Å²) in [4.78, 5) is 13.2. The van der Waals surface area contributed by atoms with Gasteiger partial charge in [-0.25, -0.2) is 0 Å². The fraction of sp³-hybridized carbons (Fsp3) is 0.0268. The van der Waals surface area contributed by atoms with Crippen LogP contribution in [0.25, 0.3) is 197 Å². The van der Waals surface area contributed by atoms with Gasteiger partial charge in [-0.15, -0.1) is 0 Å². The van der Waals surface area contributed by atoms with Crippen molar-refractivity contribution in [3.63, 3.8) is 0 Å². The first-order chi connectivity index (χ1) is 56.9. The van der Waals surface area contributed by atoms with Gasteiger partial charge in [0, 0.05) is 39.4 Å². The van der Waals surface area contributed by atoms with Crippen LogP contribution in [-0.2, 0) is 15.7 Å². The highest BCUT2D eigenvalue weighted by molar-refractivity contribution is 7.97. The summed E-state index contributed by atoms with van der Waals surface area (Å²) in [6.07, 6.45) is 0.850. The molecule has 0 radical (unpaired) electrons. The summed E-state index contributed by atoms with van der Waals surface area (Å²) in [5, 5.41) is 30.8. The predicted octanol–water partition coefficient (Wildman–Crippen LogP) is 29.7. The van der Waals surface area contributed by atoms with Gasteiger partial charge in [0.15, 0.2) is 14.7 Å². The fourth-order valence-corrected chi connectivity index (χ4v) is 20.9. The van der Waals surface area contributed by atoms with Gasteiger partial charge < -0.3 is 9.90 Å². The van der Waals surface area contributed by atoms with Crippen LogP contribution in [0.1, 0.15) is 19.8 Å². The van der Waals surface area contributed by atoms with E-state index in [9.17, 15) is 9.90 Å². The summed E-state index contributed by atoms with van der Waals surface area (Å²) in [5.74, 6) is -0.961. The third-order valence-electron chi connectivity index (χ3n) is 23.1. The molecule has 0 atom stereocenters. The molecule has 0 aromatic heterocycles. The zero-order valence-corrected chi connectivity index (χ0v) is 64.3. The quantitative estimate of drug-likeness (QED) is 0.102. The van der Waals surface area contributed by atoms with Crippen molar-refractivity contribution in [1.29, 1.82) is 0 Å². The molecule has 0 amide bonds. The molecule has 21 aromatic carbocycles. The highest BCUT2D eigenvalue weighted by Gasteiger charge is 2.45. The SMILES string of the molecule is CCCC(=O)[O-].c1ccc2c(-c3cc(-c4cccc5ccccc45)c([S+](c4c(-c5cccc6ccccc56)cc(-c5cccc6ccccc56)cc4-c4cccc5ccccc45)c4c(-c5cccc6ccccc56)cc(-c5cccc6ccccc56)cc4-c4cccc5ccccc45)c(-c4cccc5ccccc45)c3)cccc2c1. The minimum absolute atomic E-state index is 0.181. The molecule has 542 valence electrons. The highest BCUT2D eigenvalue weighted by Crippen LogP contribution is 2.59. The summed E-state index contributed by atoms with van der Waals surface area (Å²) in [7, 11) is -1.22. The second-order valence-electron chi connectivity index (χ2n) is 29.9. The first-order valence-corrected chi connectivity index (χ1v) is 40.9. The summed E-state index contributed by atoms with van der Waals surface area (Å²) >= 11 is 0. The highest BCUT2D eigenvalue weighted by atomic mass is 32.2. The molecule has 0 aliphatic rings. The molecule has 0 saturated heterocycles. The lowest BCUT2D eigenvalue weighted by Gasteiger charge is -2.27. The number of carbonyl (C=O) groups excluding carboxylic acids is 1. The molecule has 0 unspecified atom stereocenters. The van der Waals surface area contributed by atoms with Gasteiger partial charge in [0.1, 0.15) is 10.9 Å². The van der Waals surface area contributed by atoms with E-state index in [1.165, 1.54) is 128 Å². The van der Waals surface area contributed by atoms with Gasteiger partial charge in [-0.2, -0.15) is 0 Å². The first kappa shape index (κ1) is 69.9. The maximum Gasteiger partial charge on any atom is 0.182 e. The van der Waals surface area contributed by atoms with Gasteiger partial charge in [0.05, 0.1) is 0 Å². The third kappa shape index (κ3) is 12.7. The standard InChI is InChI=1S/C108H69S.C4H8O2/c1-10-46-82-70(28-1)37-19-55-91(82)79-64-100(94-58-22-40-73-31-4-13-49-85(73)94)106(101(65-79)95-59-23-41-74-32-5-14-50-86(74)95)109(107-102(96-60-24-42-75-33-6-15-51-87(75)96)66-80(92-56-20-38-71-29-2-11-47-83(71)92)67-103(107)97-61-25-43-76-34-7-16-52-88(76)97)108-104(98-62-26-44-77-35-8-17-53-89(77)98)68-81(93-57-21-39-72-30-3-12-48-84(72)93)69-105(108)99-63-27-45-78-36-9-18-54-90(78)99;1-2-3-4(5)6/h1-69H;2-3H2,1H3,(H,5,6)/q+1;/p-1. The number of fused-ring (bicyclic) bond motifs is 9. The van der Waals surface area contributed by atoms with E-state index in [2.05, 4.69) is 419 Å². The summed E-state index contributed by atoms with van der Waals surface area (Å²) in [6, 6.07) is 160. The maximum absolute atomic E-state index is 9.49. The van der Waals surface area contributed by atoms with E-state index in [-0.39, 0.29) is 6.42 Å². The van der Waals surface area contributed by atoms with Crippen LogP contribution in [0, 0.1) is 0 Å². The van der Waals surface area contributed by atoms with Gasteiger partial charge in [0.25, 0.3) is 0 Å². The molecule has 0 saturated carbocycles. The van der Waals surface area contributed by atoms with Crippen molar-refractivity contribution in [2.75, 3.05) is 0 Å². The fourth-order valence-electron chi connectivity index (χ4n) is 17.9. The van der Waals surface area contributed by atoms with Crippen LogP contribution in [0.3, 0.4) is 0 Å². The van der Waals surface area contributed by atoms with Crippen LogP contribution in [0.5, 0.6) is 0 Å². The normalized spacial score (nSPS) is 11.6. The Balaban J connectivity index is 0.00000137. The van der Waals surface area contributed by atoms with Gasteiger partial charge >= 0.3 is 0 Å². The van der Waals surface area contributed by atoms with Crippen LogP contribution in [0.2, 0.25) is 0 Å². The van der Waals surface area contributed by atoms with Crippen molar-refractivity contribution in [2.45, 2.75) is 34.5 Å². The number of carboxylic acids is 1. The van der Waals surface area contributed by atoms with Crippen molar-refractivity contribution in [3.8, 4) is 100 Å². The molecule has 0 bridgehead atoms. The number of hydrogen-bond donors (Lipinski definition) is 0. The molecule has 115 heavy (non-hydrogen) atoms. The number of carboxylic acid groups (broad SMARTS) is 1. The smallest absolute Gasteiger partial charge is 0.182 e. The molecular weight excluding hydrogens is 1410 g/mol. The summed E-state index contributed by atoms with van der Waals surface area (Å²) in [5.41, 5.74) is 20.8. The average Bonchev–Trinajstić information content (AvgIpc) is 0.704. The average molecular weight is 1490 g/mol. The molecule has 0 aliphatic heterocycles. The summed E-state index contributed by atoms with van der Waals surface area (Å²) < 4.78 is 0. The Labute approximate surface area is 672 Å². The van der Waals surface area contributed by atoms with Crippen molar-refractivity contribution >= 4 is 114 Å².